The van der Waals surface area contributed by atoms with Crippen LogP contribution in [0.4, 0.5) is 20.2 Å². The van der Waals surface area contributed by atoms with Gasteiger partial charge in [-0.2, -0.15) is 0 Å². The van der Waals surface area contributed by atoms with Crippen molar-refractivity contribution in [2.45, 2.75) is 12.8 Å². The Balaban J connectivity index is 0.00000320. The SMILES string of the molecule is COc1cncc(/C(N)=C/N(N)c2c(F)ccc(NS(=O)(=O)CC3CC3)c2F)c1.[HH]. The predicted molar refractivity (Wildman–Crippen MR) is 108 cm³/mol. The summed E-state index contributed by atoms with van der Waals surface area (Å²) in [5, 5.41) is 0.651. The van der Waals surface area contributed by atoms with Crippen molar-refractivity contribution in [1.82, 2.24) is 4.98 Å². The van der Waals surface area contributed by atoms with E-state index in [1.165, 1.54) is 19.5 Å². The fraction of sp³-hybridized carbons (Fsp3) is 0.278. The van der Waals surface area contributed by atoms with Gasteiger partial charge < -0.3 is 10.5 Å². The van der Waals surface area contributed by atoms with Crippen LogP contribution in [0.5, 0.6) is 5.75 Å². The van der Waals surface area contributed by atoms with Gasteiger partial charge in [0.2, 0.25) is 10.0 Å². The van der Waals surface area contributed by atoms with Crippen molar-refractivity contribution in [1.29, 1.82) is 0 Å². The molecule has 1 heterocycles. The van der Waals surface area contributed by atoms with Crippen LogP contribution in [0.2, 0.25) is 0 Å². The summed E-state index contributed by atoms with van der Waals surface area (Å²) in [6.07, 6.45) is 5.63. The maximum absolute atomic E-state index is 14.8. The molecule has 3 rings (SSSR count). The number of nitrogens with one attached hydrogen (secondary N) is 1. The van der Waals surface area contributed by atoms with E-state index in [0.29, 0.717) is 16.3 Å². The van der Waals surface area contributed by atoms with Crippen molar-refractivity contribution in [3.8, 4) is 5.75 Å². The maximum Gasteiger partial charge on any atom is 0.233 e. The highest BCUT2D eigenvalue weighted by atomic mass is 32.2. The molecule has 0 spiro atoms. The second-order valence-corrected chi connectivity index (χ2v) is 8.46. The van der Waals surface area contributed by atoms with Gasteiger partial charge in [-0.05, 0) is 37.0 Å². The van der Waals surface area contributed by atoms with Crippen molar-refractivity contribution >= 4 is 27.1 Å². The Hall–Kier alpha value is -2.92. The quantitative estimate of drug-likeness (QED) is 0.437. The van der Waals surface area contributed by atoms with E-state index in [2.05, 4.69) is 9.71 Å². The molecule has 1 aliphatic rings. The van der Waals surface area contributed by atoms with Gasteiger partial charge in [0.15, 0.2) is 11.6 Å². The molecule has 0 aliphatic heterocycles. The topological polar surface area (TPSA) is 124 Å². The molecule has 29 heavy (non-hydrogen) atoms. The molecule has 0 atom stereocenters. The van der Waals surface area contributed by atoms with Gasteiger partial charge in [-0.15, -0.1) is 0 Å². The summed E-state index contributed by atoms with van der Waals surface area (Å²) in [6, 6.07) is 3.50. The smallest absolute Gasteiger partial charge is 0.233 e. The van der Waals surface area contributed by atoms with Crippen LogP contribution in [0.25, 0.3) is 5.70 Å². The van der Waals surface area contributed by atoms with Crippen molar-refractivity contribution in [2.24, 2.45) is 17.5 Å². The Morgan fingerprint density at radius 2 is 2.14 bits per heavy atom. The fourth-order valence-corrected chi connectivity index (χ4v) is 4.17. The van der Waals surface area contributed by atoms with Gasteiger partial charge in [-0.3, -0.25) is 14.7 Å². The Bertz CT molecular complexity index is 1050. The summed E-state index contributed by atoms with van der Waals surface area (Å²) in [7, 11) is -2.30. The molecule has 1 aromatic heterocycles. The molecule has 2 aromatic rings. The van der Waals surface area contributed by atoms with Crippen molar-refractivity contribution in [2.75, 3.05) is 22.6 Å². The molecule has 158 valence electrons. The van der Waals surface area contributed by atoms with E-state index in [-0.39, 0.29) is 18.8 Å². The van der Waals surface area contributed by atoms with Crippen LogP contribution in [0.15, 0.2) is 36.8 Å². The first-order valence-electron chi connectivity index (χ1n) is 8.69. The summed E-state index contributed by atoms with van der Waals surface area (Å²) in [6.45, 7) is 0. The standard InChI is InChI=1S/C18H21F2N5O3S.H2/c1-28-13-6-12(7-23-8-13)15(21)9-25(22)18-14(19)4-5-16(17(18)20)24-29(26,27)10-11-2-3-11;/h4-9,11,24H,2-3,10,21-22H2,1H3;1H/b15-9-;. The number of halogens is 2. The van der Waals surface area contributed by atoms with Gasteiger partial charge in [0, 0.05) is 19.4 Å². The predicted octanol–water partition coefficient (Wildman–Crippen LogP) is 2.40. The van der Waals surface area contributed by atoms with Crippen LogP contribution in [0, 0.1) is 17.6 Å². The number of pyridine rings is 1. The zero-order chi connectivity index (χ0) is 21.2. The largest absolute Gasteiger partial charge is 0.495 e. The maximum atomic E-state index is 14.8. The number of anilines is 2. The van der Waals surface area contributed by atoms with E-state index in [9.17, 15) is 17.2 Å². The van der Waals surface area contributed by atoms with E-state index in [1.807, 2.05) is 0 Å². The van der Waals surface area contributed by atoms with Crippen LogP contribution in [-0.4, -0.2) is 26.3 Å². The lowest BCUT2D eigenvalue weighted by atomic mass is 10.2. The monoisotopic (exact) mass is 427 g/mol. The third-order valence-electron chi connectivity index (χ3n) is 4.30. The summed E-state index contributed by atoms with van der Waals surface area (Å²) < 4.78 is 60.6. The summed E-state index contributed by atoms with van der Waals surface area (Å²) >= 11 is 0. The number of hydrazine groups is 1. The highest BCUT2D eigenvalue weighted by molar-refractivity contribution is 7.92. The second-order valence-electron chi connectivity index (χ2n) is 6.69. The average Bonchev–Trinajstić information content (AvgIpc) is 3.47. The number of rotatable bonds is 8. The van der Waals surface area contributed by atoms with Gasteiger partial charge in [-0.25, -0.2) is 23.0 Å². The number of hydrogen-bond acceptors (Lipinski definition) is 7. The number of methoxy groups -OCH3 is 1. The van der Waals surface area contributed by atoms with Crippen molar-refractivity contribution in [3.63, 3.8) is 0 Å². The lowest BCUT2D eigenvalue weighted by Gasteiger charge is -2.19. The van der Waals surface area contributed by atoms with Gasteiger partial charge in [0.05, 0.1) is 30.4 Å². The molecule has 1 saturated carbocycles. The lowest BCUT2D eigenvalue weighted by molar-refractivity contribution is 0.412. The van der Waals surface area contributed by atoms with Crippen molar-refractivity contribution < 1.29 is 23.4 Å². The van der Waals surface area contributed by atoms with E-state index in [1.54, 1.807) is 6.07 Å². The van der Waals surface area contributed by atoms with E-state index in [4.69, 9.17) is 16.3 Å². The molecule has 0 radical (unpaired) electrons. The van der Waals surface area contributed by atoms with Crippen LogP contribution in [-0.2, 0) is 10.0 Å². The Labute approximate surface area is 168 Å². The lowest BCUT2D eigenvalue weighted by Crippen LogP contribution is -2.28. The number of nitrogens with zero attached hydrogens (tertiary/aromatic N) is 2. The molecule has 0 saturated heterocycles. The van der Waals surface area contributed by atoms with Crippen LogP contribution >= 0.6 is 0 Å². The Kier molecular flexibility index (Phi) is 5.89. The summed E-state index contributed by atoms with van der Waals surface area (Å²) in [4.78, 5) is 3.94. The third kappa shape index (κ3) is 5.12. The molecule has 0 unspecified atom stereocenters. The van der Waals surface area contributed by atoms with Gasteiger partial charge in [0.25, 0.3) is 0 Å². The molecule has 1 aliphatic carbocycles. The fourth-order valence-electron chi connectivity index (χ4n) is 2.64. The second kappa shape index (κ2) is 8.21. The highest BCUT2D eigenvalue weighted by Gasteiger charge is 2.29. The van der Waals surface area contributed by atoms with Crippen LogP contribution in [0.1, 0.15) is 19.8 Å². The number of ether oxygens (including phenoxy) is 1. The molecular weight excluding hydrogens is 404 g/mol. The molecule has 0 amide bonds. The van der Waals surface area contributed by atoms with E-state index < -0.39 is 33.0 Å². The first-order chi connectivity index (χ1) is 13.7. The molecule has 0 bridgehead atoms. The number of hydrogen-bond donors (Lipinski definition) is 3. The van der Waals surface area contributed by atoms with E-state index in [0.717, 1.165) is 31.2 Å². The number of sulfonamides is 1. The zero-order valence-corrected chi connectivity index (χ0v) is 16.4. The van der Waals surface area contributed by atoms with Gasteiger partial charge >= 0.3 is 0 Å². The first kappa shape index (κ1) is 20.8. The molecule has 8 nitrogen and oxygen atoms in total. The van der Waals surface area contributed by atoms with Gasteiger partial charge in [0.1, 0.15) is 11.4 Å². The summed E-state index contributed by atoms with van der Waals surface area (Å²) in [5.41, 5.74) is 5.38. The number of nitrogens with two attached hydrogens (primary N) is 2. The van der Waals surface area contributed by atoms with Crippen LogP contribution < -0.4 is 26.0 Å². The van der Waals surface area contributed by atoms with Crippen molar-refractivity contribution in [3.05, 3.63) is 54.0 Å². The highest BCUT2D eigenvalue weighted by Crippen LogP contribution is 2.33. The average molecular weight is 427 g/mol. The molecule has 1 aromatic carbocycles. The first-order valence-corrected chi connectivity index (χ1v) is 10.3. The Morgan fingerprint density at radius 3 is 2.79 bits per heavy atom. The minimum absolute atomic E-state index is 0. The van der Waals surface area contributed by atoms with Crippen LogP contribution in [0.3, 0.4) is 0 Å². The molecule has 1 fully saturated rings. The number of aromatic nitrogens is 1. The number of benzene rings is 1. The zero-order valence-electron chi connectivity index (χ0n) is 15.6. The molecular formula is C18H23F2N5O3S. The Morgan fingerprint density at radius 1 is 1.41 bits per heavy atom. The van der Waals surface area contributed by atoms with E-state index >= 15 is 0 Å². The minimum atomic E-state index is -3.76. The van der Waals surface area contributed by atoms with Gasteiger partial charge in [-0.1, -0.05) is 0 Å². The normalized spacial score (nSPS) is 14.6. The third-order valence-corrected chi connectivity index (χ3v) is 5.74. The molecule has 5 N–H and O–H groups in total. The summed E-state index contributed by atoms with van der Waals surface area (Å²) in [5.74, 6) is 4.06. The minimum Gasteiger partial charge on any atom is -0.495 e. The molecule has 11 heteroatoms.